The van der Waals surface area contributed by atoms with E-state index in [1.54, 1.807) is 25.3 Å². The summed E-state index contributed by atoms with van der Waals surface area (Å²) in [5.74, 6) is 1.08. The Hall–Kier alpha value is -4.07. The molecule has 1 aliphatic heterocycles. The standard InChI is InChI=1S/C25H23N5O3/c1-17-21(29-33-28-17)16-32-23-12-6-5-10-19(23)25(31)30-15-7-11-22(30)20-13-14-26-24(27-20)18-8-3-2-4-9-18/h2-6,8-10,12-14,22H,7,11,15-16H2,1H3/t22-/m0/s1. The minimum atomic E-state index is -0.113. The maximum Gasteiger partial charge on any atom is 0.258 e. The van der Waals surface area contributed by atoms with Gasteiger partial charge in [0, 0.05) is 18.3 Å². The van der Waals surface area contributed by atoms with Crippen molar-refractivity contribution in [3.8, 4) is 17.1 Å². The van der Waals surface area contributed by atoms with Gasteiger partial charge in [0.15, 0.2) is 5.82 Å². The first-order valence-corrected chi connectivity index (χ1v) is 10.9. The number of aryl methyl sites for hydroxylation is 1. The minimum absolute atomic E-state index is 0.0806. The summed E-state index contributed by atoms with van der Waals surface area (Å²) in [5, 5.41) is 7.62. The van der Waals surface area contributed by atoms with Crippen LogP contribution < -0.4 is 4.74 Å². The Morgan fingerprint density at radius 3 is 2.73 bits per heavy atom. The number of ether oxygens (including phenoxy) is 1. The van der Waals surface area contributed by atoms with Crippen LogP contribution in [0.25, 0.3) is 11.4 Å². The summed E-state index contributed by atoms with van der Waals surface area (Å²) >= 11 is 0. The number of likely N-dealkylation sites (tertiary alicyclic amines) is 1. The number of benzene rings is 2. The average molecular weight is 441 g/mol. The van der Waals surface area contributed by atoms with Gasteiger partial charge in [-0.25, -0.2) is 14.6 Å². The highest BCUT2D eigenvalue weighted by atomic mass is 16.6. The van der Waals surface area contributed by atoms with Crippen LogP contribution >= 0.6 is 0 Å². The lowest BCUT2D eigenvalue weighted by molar-refractivity contribution is 0.0728. The van der Waals surface area contributed by atoms with Crippen LogP contribution in [0.15, 0.2) is 71.5 Å². The van der Waals surface area contributed by atoms with Gasteiger partial charge >= 0.3 is 0 Å². The quantitative estimate of drug-likeness (QED) is 0.438. The van der Waals surface area contributed by atoms with Gasteiger partial charge in [-0.05, 0) is 38.0 Å². The molecule has 1 saturated heterocycles. The van der Waals surface area contributed by atoms with Gasteiger partial charge in [0.05, 0.1) is 17.3 Å². The fraction of sp³-hybridized carbons (Fsp3) is 0.240. The van der Waals surface area contributed by atoms with Crippen molar-refractivity contribution in [3.05, 3.63) is 89.5 Å². The lowest BCUT2D eigenvalue weighted by atomic mass is 10.1. The van der Waals surface area contributed by atoms with Gasteiger partial charge in [-0.15, -0.1) is 0 Å². The molecule has 0 aliphatic carbocycles. The fourth-order valence-electron chi connectivity index (χ4n) is 4.05. The molecule has 4 aromatic rings. The fourth-order valence-corrected chi connectivity index (χ4v) is 4.05. The van der Waals surface area contributed by atoms with Crippen LogP contribution in [-0.2, 0) is 6.61 Å². The molecule has 1 fully saturated rings. The molecule has 0 saturated carbocycles. The highest BCUT2D eigenvalue weighted by molar-refractivity contribution is 5.97. The number of aromatic nitrogens is 4. The molecule has 0 radical (unpaired) electrons. The second kappa shape index (κ2) is 9.20. The highest BCUT2D eigenvalue weighted by Gasteiger charge is 2.33. The Morgan fingerprint density at radius 1 is 1.09 bits per heavy atom. The van der Waals surface area contributed by atoms with Crippen molar-refractivity contribution in [3.63, 3.8) is 0 Å². The average Bonchev–Trinajstić information content (AvgIpc) is 3.52. The smallest absolute Gasteiger partial charge is 0.258 e. The monoisotopic (exact) mass is 441 g/mol. The van der Waals surface area contributed by atoms with Crippen LogP contribution in [0.1, 0.15) is 46.3 Å². The Bertz CT molecular complexity index is 1260. The number of amides is 1. The molecule has 8 nitrogen and oxygen atoms in total. The number of hydrogen-bond donors (Lipinski definition) is 0. The van der Waals surface area contributed by atoms with Crippen molar-refractivity contribution in [1.29, 1.82) is 0 Å². The molecule has 166 valence electrons. The summed E-state index contributed by atoms with van der Waals surface area (Å²) in [6.45, 7) is 2.64. The Labute approximate surface area is 191 Å². The van der Waals surface area contributed by atoms with E-state index in [2.05, 4.69) is 15.3 Å². The van der Waals surface area contributed by atoms with E-state index in [4.69, 9.17) is 14.3 Å². The van der Waals surface area contributed by atoms with Crippen LogP contribution in [0.4, 0.5) is 0 Å². The molecule has 2 aromatic carbocycles. The summed E-state index contributed by atoms with van der Waals surface area (Å²) < 4.78 is 10.7. The zero-order valence-electron chi connectivity index (χ0n) is 18.2. The molecule has 0 bridgehead atoms. The minimum Gasteiger partial charge on any atom is -0.486 e. The van der Waals surface area contributed by atoms with Gasteiger partial charge in [-0.3, -0.25) is 4.79 Å². The molecule has 1 aliphatic rings. The van der Waals surface area contributed by atoms with Gasteiger partial charge < -0.3 is 9.64 Å². The van der Waals surface area contributed by atoms with E-state index in [1.807, 2.05) is 53.4 Å². The molecule has 2 aromatic heterocycles. The molecule has 33 heavy (non-hydrogen) atoms. The topological polar surface area (TPSA) is 94.2 Å². The molecule has 0 spiro atoms. The van der Waals surface area contributed by atoms with E-state index in [0.717, 1.165) is 24.1 Å². The maximum absolute atomic E-state index is 13.6. The molecular formula is C25H23N5O3. The van der Waals surface area contributed by atoms with Crippen LogP contribution in [0.3, 0.4) is 0 Å². The predicted molar refractivity (Wildman–Crippen MR) is 120 cm³/mol. The lowest BCUT2D eigenvalue weighted by Crippen LogP contribution is -2.31. The Morgan fingerprint density at radius 2 is 1.91 bits per heavy atom. The zero-order valence-corrected chi connectivity index (χ0v) is 18.2. The van der Waals surface area contributed by atoms with Crippen LogP contribution in [0.5, 0.6) is 5.75 Å². The summed E-state index contributed by atoms with van der Waals surface area (Å²) in [5.41, 5.74) is 3.57. The number of carbonyl (C=O) groups excluding carboxylic acids is 1. The van der Waals surface area contributed by atoms with Crippen molar-refractivity contribution in [2.75, 3.05) is 6.54 Å². The Kier molecular flexibility index (Phi) is 5.80. The number of rotatable bonds is 6. The molecule has 1 amide bonds. The van der Waals surface area contributed by atoms with Gasteiger partial charge in [0.25, 0.3) is 5.91 Å². The van der Waals surface area contributed by atoms with E-state index in [9.17, 15) is 4.79 Å². The molecule has 3 heterocycles. The number of carbonyl (C=O) groups is 1. The maximum atomic E-state index is 13.6. The van der Waals surface area contributed by atoms with Crippen molar-refractivity contribution < 1.29 is 14.2 Å². The second-order valence-electron chi connectivity index (χ2n) is 7.91. The van der Waals surface area contributed by atoms with Crippen molar-refractivity contribution in [2.24, 2.45) is 0 Å². The van der Waals surface area contributed by atoms with E-state index < -0.39 is 0 Å². The largest absolute Gasteiger partial charge is 0.486 e. The highest BCUT2D eigenvalue weighted by Crippen LogP contribution is 2.34. The summed E-state index contributed by atoms with van der Waals surface area (Å²) in [4.78, 5) is 24.7. The van der Waals surface area contributed by atoms with E-state index >= 15 is 0 Å². The van der Waals surface area contributed by atoms with Crippen LogP contribution in [0, 0.1) is 6.92 Å². The zero-order chi connectivity index (χ0) is 22.6. The summed E-state index contributed by atoms with van der Waals surface area (Å²) in [6.07, 6.45) is 3.52. The second-order valence-corrected chi connectivity index (χ2v) is 7.91. The number of hydrogen-bond acceptors (Lipinski definition) is 7. The van der Waals surface area contributed by atoms with Gasteiger partial charge in [-0.2, -0.15) is 0 Å². The van der Waals surface area contributed by atoms with Crippen molar-refractivity contribution >= 4 is 5.91 Å². The normalized spacial score (nSPS) is 15.5. The molecule has 5 rings (SSSR count). The van der Waals surface area contributed by atoms with Crippen LogP contribution in [0.2, 0.25) is 0 Å². The third-order valence-corrected chi connectivity index (χ3v) is 5.79. The molecule has 1 atom stereocenters. The first-order valence-electron chi connectivity index (χ1n) is 10.9. The number of para-hydroxylation sites is 1. The van der Waals surface area contributed by atoms with Crippen molar-refractivity contribution in [1.82, 2.24) is 25.2 Å². The summed E-state index contributed by atoms with van der Waals surface area (Å²) in [7, 11) is 0. The van der Waals surface area contributed by atoms with Gasteiger partial charge in [0.2, 0.25) is 0 Å². The lowest BCUT2D eigenvalue weighted by Gasteiger charge is -2.25. The van der Waals surface area contributed by atoms with E-state index in [0.29, 0.717) is 35.1 Å². The first kappa shape index (κ1) is 20.8. The molecule has 0 unspecified atom stereocenters. The summed E-state index contributed by atoms with van der Waals surface area (Å²) in [6, 6.07) is 18.9. The molecule has 0 N–H and O–H groups in total. The number of nitrogens with zero attached hydrogens (tertiary/aromatic N) is 5. The SMILES string of the molecule is Cc1nonc1COc1ccccc1C(=O)N1CCC[C@H]1c1ccnc(-c2ccccc2)n1. The van der Waals surface area contributed by atoms with Gasteiger partial charge in [0.1, 0.15) is 23.7 Å². The molecule has 8 heteroatoms. The molecular weight excluding hydrogens is 418 g/mol. The van der Waals surface area contributed by atoms with E-state index in [1.165, 1.54) is 0 Å². The Balaban J connectivity index is 1.39. The first-order chi connectivity index (χ1) is 16.2. The van der Waals surface area contributed by atoms with Crippen LogP contribution in [-0.4, -0.2) is 37.6 Å². The predicted octanol–water partition coefficient (Wildman–Crippen LogP) is 4.39. The third-order valence-electron chi connectivity index (χ3n) is 5.79. The third kappa shape index (κ3) is 4.32. The van der Waals surface area contributed by atoms with Gasteiger partial charge in [-0.1, -0.05) is 52.8 Å². The van der Waals surface area contributed by atoms with E-state index in [-0.39, 0.29) is 18.6 Å². The van der Waals surface area contributed by atoms with Crippen molar-refractivity contribution in [2.45, 2.75) is 32.4 Å².